The van der Waals surface area contributed by atoms with Gasteiger partial charge in [-0.3, -0.25) is 0 Å². The number of fused-ring (bicyclic) bond motifs is 9. The number of hydrogen-bond acceptors (Lipinski definition) is 4. The predicted octanol–water partition coefficient (Wildman–Crippen LogP) is 16.0. The van der Waals surface area contributed by atoms with E-state index in [2.05, 4.69) is 158 Å². The highest BCUT2D eigenvalue weighted by atomic mass is 32.1. The van der Waals surface area contributed by atoms with Crippen molar-refractivity contribution < 1.29 is 6.85 Å². The molecule has 0 radical (unpaired) electrons. The minimum Gasteiger partial charge on any atom is -0.309 e. The third kappa shape index (κ3) is 5.93. The number of hydrogen-bond donors (Lipinski definition) is 0. The molecule has 1 aliphatic carbocycles. The molecule has 9 aromatic carbocycles. The first-order valence-corrected chi connectivity index (χ1v) is 22.6. The second-order valence-electron chi connectivity index (χ2n) is 17.2. The molecule has 306 valence electrons. The minimum atomic E-state index is -0.481. The average molecular weight is 854 g/mol. The fourth-order valence-corrected chi connectivity index (χ4v) is 11.4. The first-order chi connectivity index (χ1) is 34.0. The highest BCUT2D eigenvalue weighted by Crippen LogP contribution is 2.52. The highest BCUT2D eigenvalue weighted by molar-refractivity contribution is 7.26. The molecule has 0 bridgehead atoms. The van der Waals surface area contributed by atoms with E-state index in [1.165, 1.54) is 22.3 Å². The molecule has 0 unspecified atom stereocenters. The first-order valence-electron chi connectivity index (χ1n) is 24.3. The molecule has 12 aromatic rings. The lowest BCUT2D eigenvalue weighted by molar-refractivity contribution is 0.661. The molecule has 3 aromatic heterocycles. The van der Waals surface area contributed by atoms with Crippen molar-refractivity contribution in [1.29, 1.82) is 0 Å². The van der Waals surface area contributed by atoms with Gasteiger partial charge in [-0.05, 0) is 80.9 Å². The monoisotopic (exact) mass is 853 g/mol. The Labute approximate surface area is 387 Å². The van der Waals surface area contributed by atoms with Crippen LogP contribution >= 0.6 is 11.3 Å². The Hall–Kier alpha value is -7.99. The number of nitrogens with zero attached hydrogens (tertiary/aromatic N) is 4. The number of para-hydroxylation sites is 1. The molecule has 0 amide bonds. The predicted molar refractivity (Wildman–Crippen MR) is 272 cm³/mol. The summed E-state index contributed by atoms with van der Waals surface area (Å²) in [5.41, 5.74) is 13.7. The van der Waals surface area contributed by atoms with Crippen LogP contribution in [0.5, 0.6) is 0 Å². The van der Waals surface area contributed by atoms with Gasteiger partial charge >= 0.3 is 0 Å². The van der Waals surface area contributed by atoms with Gasteiger partial charge in [0.05, 0.1) is 17.9 Å². The third-order valence-corrected chi connectivity index (χ3v) is 14.4. The molecule has 0 saturated carbocycles. The second-order valence-corrected chi connectivity index (χ2v) is 18.2. The normalized spacial score (nSPS) is 14.0. The number of benzene rings is 9. The van der Waals surface area contributed by atoms with E-state index in [-0.39, 0.29) is 28.9 Å². The van der Waals surface area contributed by atoms with E-state index in [9.17, 15) is 0 Å². The number of aromatic nitrogens is 4. The molecule has 0 saturated heterocycles. The topological polar surface area (TPSA) is 43.6 Å². The molecule has 65 heavy (non-hydrogen) atoms. The Bertz CT molecular complexity index is 4130. The Kier molecular flexibility index (Phi) is 7.30. The zero-order chi connectivity index (χ0) is 47.6. The first kappa shape index (κ1) is 32.7. The van der Waals surface area contributed by atoms with Crippen molar-refractivity contribution in [3.63, 3.8) is 0 Å². The van der Waals surface area contributed by atoms with Crippen molar-refractivity contribution in [2.75, 3.05) is 0 Å². The molecule has 0 atom stereocenters. The van der Waals surface area contributed by atoms with E-state index >= 15 is 0 Å². The zero-order valence-electron chi connectivity index (χ0n) is 40.4. The van der Waals surface area contributed by atoms with Crippen LogP contribution in [0.2, 0.25) is 0 Å². The maximum absolute atomic E-state index is 9.03. The Balaban J connectivity index is 1.13. The lowest BCUT2D eigenvalue weighted by atomic mass is 9.82. The van der Waals surface area contributed by atoms with E-state index in [0.717, 1.165) is 75.5 Å². The minimum absolute atomic E-state index is 0.00634. The van der Waals surface area contributed by atoms with Crippen LogP contribution < -0.4 is 0 Å². The summed E-state index contributed by atoms with van der Waals surface area (Å²) < 4.78 is 48.1. The van der Waals surface area contributed by atoms with Gasteiger partial charge in [0.15, 0.2) is 17.5 Å². The Morgan fingerprint density at radius 1 is 0.415 bits per heavy atom. The molecule has 0 spiro atoms. The van der Waals surface area contributed by atoms with Gasteiger partial charge in [-0.1, -0.05) is 184 Å². The highest BCUT2D eigenvalue weighted by Gasteiger charge is 2.36. The van der Waals surface area contributed by atoms with Gasteiger partial charge in [0, 0.05) is 58.7 Å². The van der Waals surface area contributed by atoms with Crippen molar-refractivity contribution in [3.05, 3.63) is 217 Å². The van der Waals surface area contributed by atoms with Crippen LogP contribution in [0.3, 0.4) is 0 Å². The lowest BCUT2D eigenvalue weighted by Gasteiger charge is -2.21. The molecule has 0 aliphatic heterocycles. The number of rotatable bonds is 6. The van der Waals surface area contributed by atoms with Gasteiger partial charge in [0.1, 0.15) is 0 Å². The van der Waals surface area contributed by atoms with Crippen molar-refractivity contribution in [2.45, 2.75) is 19.3 Å². The summed E-state index contributed by atoms with van der Waals surface area (Å²) in [5, 5.41) is 4.37. The van der Waals surface area contributed by atoms with Gasteiger partial charge in [-0.25, -0.2) is 15.0 Å². The van der Waals surface area contributed by atoms with E-state index in [4.69, 9.17) is 21.8 Å². The van der Waals surface area contributed by atoms with Gasteiger partial charge in [-0.15, -0.1) is 11.3 Å². The number of thiophene rings is 1. The molecular weight excluding hydrogens is 809 g/mol. The Morgan fingerprint density at radius 3 is 1.88 bits per heavy atom. The van der Waals surface area contributed by atoms with E-state index in [1.54, 1.807) is 11.3 Å². The van der Waals surface area contributed by atoms with E-state index in [1.807, 2.05) is 36.4 Å². The van der Waals surface area contributed by atoms with Crippen molar-refractivity contribution in [2.24, 2.45) is 0 Å². The lowest BCUT2D eigenvalue weighted by Crippen LogP contribution is -2.14. The molecule has 1 aliphatic rings. The van der Waals surface area contributed by atoms with Crippen LogP contribution in [0.15, 0.2) is 206 Å². The summed E-state index contributed by atoms with van der Waals surface area (Å²) in [5.74, 6) is 0.632. The summed E-state index contributed by atoms with van der Waals surface area (Å²) in [7, 11) is 0. The van der Waals surface area contributed by atoms with Crippen LogP contribution in [0.4, 0.5) is 0 Å². The summed E-state index contributed by atoms with van der Waals surface area (Å²) in [6.45, 7) is 4.62. The quantitative estimate of drug-likeness (QED) is 0.167. The largest absolute Gasteiger partial charge is 0.309 e. The maximum atomic E-state index is 9.03. The van der Waals surface area contributed by atoms with Crippen LogP contribution in [0, 0.1) is 0 Å². The molecular formula is C60H40N4S. The average Bonchev–Trinajstić information content (AvgIpc) is 4.02. The van der Waals surface area contributed by atoms with Gasteiger partial charge < -0.3 is 4.57 Å². The van der Waals surface area contributed by atoms with Crippen molar-refractivity contribution in [1.82, 2.24) is 19.5 Å². The van der Waals surface area contributed by atoms with E-state index in [0.29, 0.717) is 17.2 Å². The summed E-state index contributed by atoms with van der Waals surface area (Å²) in [6.07, 6.45) is 0. The molecule has 3 heterocycles. The van der Waals surface area contributed by atoms with Crippen molar-refractivity contribution >= 4 is 53.3 Å². The maximum Gasteiger partial charge on any atom is 0.165 e. The summed E-state index contributed by atoms with van der Waals surface area (Å²) in [6, 6.07) is 59.5. The van der Waals surface area contributed by atoms with Crippen LogP contribution in [-0.2, 0) is 5.41 Å². The fraction of sp³-hybridized carbons (Fsp3) is 0.0500. The van der Waals surface area contributed by atoms with Crippen molar-refractivity contribution in [3.8, 4) is 73.2 Å². The van der Waals surface area contributed by atoms with Crippen LogP contribution in [-0.4, -0.2) is 19.5 Å². The fourth-order valence-electron chi connectivity index (χ4n) is 10.0. The van der Waals surface area contributed by atoms with Gasteiger partial charge in [0.25, 0.3) is 0 Å². The van der Waals surface area contributed by atoms with Crippen LogP contribution in [0.25, 0.3) is 115 Å². The molecule has 5 heteroatoms. The standard InChI is InChI=1S/C60H40N4S/c1-60(2)51-30-14-12-26-44(51)47-35-48-45-27-13-15-31-53(45)64(54(48)36-52(47)60)42-33-49-46-29-17-28-43(41-25-16-24-40(32-41)37-18-6-3-7-19-37)55(46)65-56(49)50(34-42)59-62-57(38-20-8-4-9-21-38)61-58(63-59)39-22-10-5-11-23-39/h3-36H,1-2H3/i4D,8D,9D,20D,21D. The summed E-state index contributed by atoms with van der Waals surface area (Å²) >= 11 is 1.68. The molecule has 0 N–H and O–H groups in total. The van der Waals surface area contributed by atoms with E-state index < -0.39 is 18.1 Å². The SMILES string of the molecule is [2H]c1c([2H])c([2H])c(-c2nc(-c3ccccc3)nc(-c3cc(-n4c5ccccc5c5cc6c(cc54)C(C)(C)c4ccccc4-6)cc4c3sc3c(-c5cccc(-c6ccccc6)c5)cccc34)n2)c([2H])c1[2H]. The van der Waals surface area contributed by atoms with Gasteiger partial charge in [0.2, 0.25) is 0 Å². The molecule has 13 rings (SSSR count). The third-order valence-electron chi connectivity index (χ3n) is 13.1. The zero-order valence-corrected chi connectivity index (χ0v) is 36.3. The molecule has 4 nitrogen and oxygen atoms in total. The Morgan fingerprint density at radius 2 is 1.05 bits per heavy atom. The molecule has 0 fully saturated rings. The van der Waals surface area contributed by atoms with Gasteiger partial charge in [-0.2, -0.15) is 0 Å². The van der Waals surface area contributed by atoms with Crippen LogP contribution in [0.1, 0.15) is 31.8 Å². The smallest absolute Gasteiger partial charge is 0.165 e. The summed E-state index contributed by atoms with van der Waals surface area (Å²) in [4.78, 5) is 15.2. The second kappa shape index (κ2) is 14.5.